The third-order valence-electron chi connectivity index (χ3n) is 2.43. The van der Waals surface area contributed by atoms with Crippen LogP contribution in [-0.4, -0.2) is 12.0 Å². The summed E-state index contributed by atoms with van der Waals surface area (Å²) in [4.78, 5) is 3.97. The number of halogens is 2. The third kappa shape index (κ3) is 3.28. The van der Waals surface area contributed by atoms with Crippen LogP contribution in [0.5, 0.6) is 5.75 Å². The summed E-state index contributed by atoms with van der Waals surface area (Å²) in [7, 11) is 1.87. The van der Waals surface area contributed by atoms with Gasteiger partial charge >= 0.3 is 0 Å². The topological polar surface area (TPSA) is 34.1 Å². The molecule has 1 aromatic carbocycles. The standard InChI is InChI=1S/C13H12Cl2N2O/c1-16-10-2-4-11(5-3-10)18-8-9-7-17-13(15)6-12(9)14/h2-7,16H,8H2,1H3. The molecule has 94 valence electrons. The highest BCUT2D eigenvalue weighted by Crippen LogP contribution is 2.21. The van der Waals surface area contributed by atoms with Gasteiger partial charge in [0.2, 0.25) is 0 Å². The minimum Gasteiger partial charge on any atom is -0.489 e. The average molecular weight is 283 g/mol. The molecule has 0 fully saturated rings. The van der Waals surface area contributed by atoms with Crippen LogP contribution in [0.1, 0.15) is 5.56 Å². The van der Waals surface area contributed by atoms with Gasteiger partial charge in [-0.05, 0) is 30.3 Å². The first-order valence-corrected chi connectivity index (χ1v) is 6.15. The molecule has 0 aliphatic rings. The van der Waals surface area contributed by atoms with E-state index < -0.39 is 0 Å². The molecule has 0 amide bonds. The fourth-order valence-corrected chi connectivity index (χ4v) is 1.84. The summed E-state index contributed by atoms with van der Waals surface area (Å²) in [6.45, 7) is 0.363. The van der Waals surface area contributed by atoms with Crippen LogP contribution in [0.15, 0.2) is 36.5 Å². The van der Waals surface area contributed by atoms with Crippen LogP contribution >= 0.6 is 23.2 Å². The Labute approximate surface area is 116 Å². The van der Waals surface area contributed by atoms with Crippen LogP contribution < -0.4 is 10.1 Å². The van der Waals surface area contributed by atoms with E-state index in [2.05, 4.69) is 10.3 Å². The van der Waals surface area contributed by atoms with Gasteiger partial charge in [-0.15, -0.1) is 0 Å². The lowest BCUT2D eigenvalue weighted by Crippen LogP contribution is -1.97. The predicted molar refractivity (Wildman–Crippen MR) is 74.6 cm³/mol. The molecule has 18 heavy (non-hydrogen) atoms. The van der Waals surface area contributed by atoms with Gasteiger partial charge in [-0.25, -0.2) is 4.98 Å². The maximum absolute atomic E-state index is 6.03. The van der Waals surface area contributed by atoms with Gasteiger partial charge in [0.25, 0.3) is 0 Å². The highest BCUT2D eigenvalue weighted by molar-refractivity contribution is 6.34. The molecule has 5 heteroatoms. The van der Waals surface area contributed by atoms with Crippen molar-refractivity contribution in [3.63, 3.8) is 0 Å². The second kappa shape index (κ2) is 5.94. The molecule has 0 saturated carbocycles. The van der Waals surface area contributed by atoms with E-state index in [4.69, 9.17) is 27.9 Å². The fraction of sp³-hybridized carbons (Fsp3) is 0.154. The zero-order valence-corrected chi connectivity index (χ0v) is 11.3. The first-order chi connectivity index (χ1) is 8.69. The Bertz CT molecular complexity index is 529. The molecule has 0 saturated heterocycles. The quantitative estimate of drug-likeness (QED) is 0.861. The Morgan fingerprint density at radius 2 is 1.94 bits per heavy atom. The molecule has 0 bridgehead atoms. The molecule has 3 nitrogen and oxygen atoms in total. The summed E-state index contributed by atoms with van der Waals surface area (Å²) in [5.41, 5.74) is 1.84. The number of hydrogen-bond donors (Lipinski definition) is 1. The molecule has 2 rings (SSSR count). The smallest absolute Gasteiger partial charge is 0.130 e. The van der Waals surface area contributed by atoms with Crippen molar-refractivity contribution in [2.75, 3.05) is 12.4 Å². The minimum absolute atomic E-state index is 0.363. The lowest BCUT2D eigenvalue weighted by Gasteiger charge is -2.08. The summed E-state index contributed by atoms with van der Waals surface area (Å²) in [6.07, 6.45) is 1.62. The third-order valence-corrected chi connectivity index (χ3v) is 2.99. The van der Waals surface area contributed by atoms with E-state index in [1.807, 2.05) is 31.3 Å². The Morgan fingerprint density at radius 1 is 1.22 bits per heavy atom. The lowest BCUT2D eigenvalue weighted by molar-refractivity contribution is 0.306. The highest BCUT2D eigenvalue weighted by Gasteiger charge is 2.03. The minimum atomic E-state index is 0.363. The van der Waals surface area contributed by atoms with Crippen molar-refractivity contribution in [2.45, 2.75) is 6.61 Å². The molecular weight excluding hydrogens is 271 g/mol. The SMILES string of the molecule is CNc1ccc(OCc2cnc(Cl)cc2Cl)cc1. The van der Waals surface area contributed by atoms with Crippen molar-refractivity contribution in [3.8, 4) is 5.75 Å². The molecule has 0 aliphatic carbocycles. The van der Waals surface area contributed by atoms with Gasteiger partial charge in [-0.2, -0.15) is 0 Å². The molecule has 0 radical (unpaired) electrons. The maximum atomic E-state index is 6.03. The molecule has 0 spiro atoms. The van der Waals surface area contributed by atoms with E-state index in [-0.39, 0.29) is 0 Å². The average Bonchev–Trinajstić information content (AvgIpc) is 2.38. The van der Waals surface area contributed by atoms with Crippen molar-refractivity contribution >= 4 is 28.9 Å². The fourth-order valence-electron chi connectivity index (χ4n) is 1.42. The van der Waals surface area contributed by atoms with E-state index >= 15 is 0 Å². The second-order valence-electron chi connectivity index (χ2n) is 3.66. The lowest BCUT2D eigenvalue weighted by atomic mass is 10.3. The number of ether oxygens (including phenoxy) is 1. The second-order valence-corrected chi connectivity index (χ2v) is 4.46. The zero-order valence-electron chi connectivity index (χ0n) is 9.78. The van der Waals surface area contributed by atoms with Gasteiger partial charge < -0.3 is 10.1 Å². The predicted octanol–water partition coefficient (Wildman–Crippen LogP) is 4.01. The summed E-state index contributed by atoms with van der Waals surface area (Å²) in [5.74, 6) is 0.778. The van der Waals surface area contributed by atoms with E-state index in [0.717, 1.165) is 17.0 Å². The van der Waals surface area contributed by atoms with Crippen molar-refractivity contribution in [1.29, 1.82) is 0 Å². The highest BCUT2D eigenvalue weighted by atomic mass is 35.5. The zero-order chi connectivity index (χ0) is 13.0. The van der Waals surface area contributed by atoms with Crippen molar-refractivity contribution in [3.05, 3.63) is 52.3 Å². The van der Waals surface area contributed by atoms with Crippen LogP contribution in [0.2, 0.25) is 10.2 Å². The number of aromatic nitrogens is 1. The maximum Gasteiger partial charge on any atom is 0.130 e. The molecule has 1 heterocycles. The molecular formula is C13H12Cl2N2O. The summed E-state index contributed by atoms with van der Waals surface area (Å²) in [5, 5.41) is 3.98. The number of anilines is 1. The van der Waals surface area contributed by atoms with Crippen LogP contribution in [0, 0.1) is 0 Å². The normalized spacial score (nSPS) is 10.2. The van der Waals surface area contributed by atoms with Crippen molar-refractivity contribution < 1.29 is 4.74 Å². The largest absolute Gasteiger partial charge is 0.489 e. The summed E-state index contributed by atoms with van der Waals surface area (Å²) in [6, 6.07) is 9.27. The van der Waals surface area contributed by atoms with Crippen molar-refractivity contribution in [2.24, 2.45) is 0 Å². The number of hydrogen-bond acceptors (Lipinski definition) is 3. The van der Waals surface area contributed by atoms with E-state index in [1.54, 1.807) is 12.3 Å². The summed E-state index contributed by atoms with van der Waals surface area (Å²) >= 11 is 11.8. The van der Waals surface area contributed by atoms with Gasteiger partial charge in [0.15, 0.2) is 0 Å². The monoisotopic (exact) mass is 282 g/mol. The first kappa shape index (κ1) is 13.0. The number of nitrogens with zero attached hydrogens (tertiary/aromatic N) is 1. The molecule has 0 unspecified atom stereocenters. The Kier molecular flexibility index (Phi) is 4.28. The first-order valence-electron chi connectivity index (χ1n) is 5.39. The molecule has 1 N–H and O–H groups in total. The van der Waals surface area contributed by atoms with Crippen molar-refractivity contribution in [1.82, 2.24) is 4.98 Å². The molecule has 0 aliphatic heterocycles. The summed E-state index contributed by atoms with van der Waals surface area (Å²) < 4.78 is 5.62. The van der Waals surface area contributed by atoms with Crippen LogP contribution in [-0.2, 0) is 6.61 Å². The number of pyridine rings is 1. The molecule has 1 aromatic heterocycles. The molecule has 2 aromatic rings. The van der Waals surface area contributed by atoms with Crippen LogP contribution in [0.4, 0.5) is 5.69 Å². The number of benzene rings is 1. The number of rotatable bonds is 4. The molecule has 0 atom stereocenters. The van der Waals surface area contributed by atoms with E-state index in [9.17, 15) is 0 Å². The van der Waals surface area contributed by atoms with E-state index in [1.165, 1.54) is 0 Å². The van der Waals surface area contributed by atoms with Crippen LogP contribution in [0.3, 0.4) is 0 Å². The van der Waals surface area contributed by atoms with Gasteiger partial charge in [-0.1, -0.05) is 23.2 Å². The Balaban J connectivity index is 2.02. The van der Waals surface area contributed by atoms with E-state index in [0.29, 0.717) is 16.8 Å². The Morgan fingerprint density at radius 3 is 2.56 bits per heavy atom. The van der Waals surface area contributed by atoms with Gasteiger partial charge in [-0.3, -0.25) is 0 Å². The van der Waals surface area contributed by atoms with Gasteiger partial charge in [0.1, 0.15) is 17.5 Å². The van der Waals surface area contributed by atoms with Crippen LogP contribution in [0.25, 0.3) is 0 Å². The van der Waals surface area contributed by atoms with Gasteiger partial charge in [0.05, 0.1) is 5.02 Å². The van der Waals surface area contributed by atoms with Gasteiger partial charge in [0, 0.05) is 24.5 Å². The Hall–Kier alpha value is -1.45. The number of nitrogens with one attached hydrogen (secondary N) is 1.